The SMILES string of the molecule is CCCCCCCCc1ccc(OCCOCCOCCOCCNC(=O)OC(C)(C)C)cc1. The Morgan fingerprint density at radius 1 is 0.765 bits per heavy atom. The van der Waals surface area contributed by atoms with Crippen LogP contribution in [0.4, 0.5) is 4.79 Å². The van der Waals surface area contributed by atoms with Crippen LogP contribution in [-0.4, -0.2) is 64.5 Å². The molecule has 0 aliphatic heterocycles. The highest BCUT2D eigenvalue weighted by atomic mass is 16.6. The maximum atomic E-state index is 11.5. The number of aryl methyl sites for hydroxylation is 1. The van der Waals surface area contributed by atoms with E-state index in [9.17, 15) is 4.79 Å². The average Bonchev–Trinajstić information content (AvgIpc) is 2.79. The Morgan fingerprint density at radius 2 is 1.32 bits per heavy atom. The Labute approximate surface area is 206 Å². The molecule has 7 heteroatoms. The van der Waals surface area contributed by atoms with Crippen molar-refractivity contribution in [3.05, 3.63) is 29.8 Å². The molecule has 34 heavy (non-hydrogen) atoms. The fourth-order valence-electron chi connectivity index (χ4n) is 3.16. The molecule has 0 fully saturated rings. The first-order valence-corrected chi connectivity index (χ1v) is 12.8. The van der Waals surface area contributed by atoms with Crippen LogP contribution in [0.3, 0.4) is 0 Å². The predicted octanol–water partition coefficient (Wildman–Crippen LogP) is 5.54. The topological polar surface area (TPSA) is 75.3 Å². The third-order valence-electron chi connectivity index (χ3n) is 4.90. The summed E-state index contributed by atoms with van der Waals surface area (Å²) in [7, 11) is 0. The molecule has 0 aromatic heterocycles. The van der Waals surface area contributed by atoms with Crippen molar-refractivity contribution >= 4 is 6.09 Å². The van der Waals surface area contributed by atoms with E-state index in [4.69, 9.17) is 23.7 Å². The molecule has 0 unspecified atom stereocenters. The smallest absolute Gasteiger partial charge is 0.407 e. The van der Waals surface area contributed by atoms with Crippen molar-refractivity contribution in [3.63, 3.8) is 0 Å². The van der Waals surface area contributed by atoms with E-state index < -0.39 is 11.7 Å². The first-order chi connectivity index (χ1) is 16.4. The number of carbonyl (C=O) groups is 1. The molecule has 1 rings (SSSR count). The van der Waals surface area contributed by atoms with Crippen molar-refractivity contribution in [1.82, 2.24) is 5.32 Å². The van der Waals surface area contributed by atoms with E-state index >= 15 is 0 Å². The van der Waals surface area contributed by atoms with Crippen molar-refractivity contribution < 1.29 is 28.5 Å². The van der Waals surface area contributed by atoms with Crippen LogP contribution in [-0.2, 0) is 25.4 Å². The minimum Gasteiger partial charge on any atom is -0.491 e. The van der Waals surface area contributed by atoms with Gasteiger partial charge in [0.05, 0.1) is 39.6 Å². The monoisotopic (exact) mass is 481 g/mol. The van der Waals surface area contributed by atoms with E-state index in [0.717, 1.165) is 12.2 Å². The molecule has 196 valence electrons. The van der Waals surface area contributed by atoms with Crippen molar-refractivity contribution in [2.24, 2.45) is 0 Å². The number of ether oxygens (including phenoxy) is 5. The highest BCUT2D eigenvalue weighted by Gasteiger charge is 2.15. The molecule has 0 heterocycles. The lowest BCUT2D eigenvalue weighted by Gasteiger charge is -2.19. The molecule has 0 saturated heterocycles. The molecular formula is C27H47NO6. The van der Waals surface area contributed by atoms with Crippen molar-refractivity contribution in [3.8, 4) is 5.75 Å². The third kappa shape index (κ3) is 18.6. The molecule has 7 nitrogen and oxygen atoms in total. The molecule has 0 aliphatic rings. The van der Waals surface area contributed by atoms with Gasteiger partial charge in [-0.15, -0.1) is 0 Å². The zero-order valence-electron chi connectivity index (χ0n) is 21.9. The van der Waals surface area contributed by atoms with Gasteiger partial charge in [-0.25, -0.2) is 4.79 Å². The molecule has 0 saturated carbocycles. The van der Waals surface area contributed by atoms with E-state index in [1.165, 1.54) is 44.1 Å². The van der Waals surface area contributed by atoms with E-state index in [1.54, 1.807) is 0 Å². The number of hydrogen-bond acceptors (Lipinski definition) is 6. The standard InChI is InChI=1S/C27H47NO6/c1-5-6-7-8-9-10-11-24-12-14-25(15-13-24)33-23-22-32-21-20-31-19-18-30-17-16-28-26(29)34-27(2,3)4/h12-15H,5-11,16-23H2,1-4H3,(H,28,29). The van der Waals surface area contributed by atoms with Gasteiger partial charge in [-0.3, -0.25) is 0 Å². The van der Waals surface area contributed by atoms with Gasteiger partial charge >= 0.3 is 6.09 Å². The fourth-order valence-corrected chi connectivity index (χ4v) is 3.16. The summed E-state index contributed by atoms with van der Waals surface area (Å²) in [4.78, 5) is 11.5. The minimum absolute atomic E-state index is 0.403. The molecule has 1 N–H and O–H groups in total. The van der Waals surface area contributed by atoms with E-state index in [-0.39, 0.29) is 0 Å². The van der Waals surface area contributed by atoms with Gasteiger partial charge in [-0.1, -0.05) is 51.2 Å². The van der Waals surface area contributed by atoms with Gasteiger partial charge in [-0.05, 0) is 51.3 Å². The van der Waals surface area contributed by atoms with Gasteiger partial charge in [-0.2, -0.15) is 0 Å². The van der Waals surface area contributed by atoms with Gasteiger partial charge in [0.2, 0.25) is 0 Å². The summed E-state index contributed by atoms with van der Waals surface area (Å²) in [5.74, 6) is 0.879. The summed E-state index contributed by atoms with van der Waals surface area (Å²) in [6.45, 7) is 11.6. The highest BCUT2D eigenvalue weighted by molar-refractivity contribution is 5.67. The molecule has 1 amide bonds. The maximum Gasteiger partial charge on any atom is 0.407 e. The van der Waals surface area contributed by atoms with Crippen molar-refractivity contribution in [2.75, 3.05) is 52.8 Å². The van der Waals surface area contributed by atoms with E-state index in [2.05, 4.69) is 24.4 Å². The second-order valence-corrected chi connectivity index (χ2v) is 9.28. The predicted molar refractivity (Wildman–Crippen MR) is 136 cm³/mol. The number of benzene rings is 1. The zero-order chi connectivity index (χ0) is 24.9. The van der Waals surface area contributed by atoms with Crippen molar-refractivity contribution in [2.45, 2.75) is 78.2 Å². The number of nitrogens with one attached hydrogen (secondary N) is 1. The van der Waals surface area contributed by atoms with Crippen LogP contribution in [0, 0.1) is 0 Å². The molecule has 0 spiro atoms. The molecule has 1 aromatic rings. The lowest BCUT2D eigenvalue weighted by Crippen LogP contribution is -2.34. The molecule has 1 aromatic carbocycles. The van der Waals surface area contributed by atoms with Crippen LogP contribution < -0.4 is 10.1 Å². The fraction of sp³-hybridized carbons (Fsp3) is 0.741. The Kier molecular flexibility index (Phi) is 17.3. The lowest BCUT2D eigenvalue weighted by molar-refractivity contribution is 0.00904. The second kappa shape index (κ2) is 19.5. The number of carbonyl (C=O) groups excluding carboxylic acids is 1. The van der Waals surface area contributed by atoms with Crippen LogP contribution >= 0.6 is 0 Å². The van der Waals surface area contributed by atoms with E-state index in [1.807, 2.05) is 32.9 Å². The number of amides is 1. The Morgan fingerprint density at radius 3 is 1.94 bits per heavy atom. The maximum absolute atomic E-state index is 11.5. The number of alkyl carbamates (subject to hydrolysis) is 1. The van der Waals surface area contributed by atoms with Crippen molar-refractivity contribution in [1.29, 1.82) is 0 Å². The van der Waals surface area contributed by atoms with Gasteiger partial charge in [0, 0.05) is 6.54 Å². The molecule has 0 aliphatic carbocycles. The van der Waals surface area contributed by atoms with Gasteiger partial charge in [0.1, 0.15) is 18.0 Å². The minimum atomic E-state index is -0.495. The van der Waals surface area contributed by atoms with E-state index in [0.29, 0.717) is 52.8 Å². The molecule has 0 radical (unpaired) electrons. The average molecular weight is 482 g/mol. The number of unbranched alkanes of at least 4 members (excludes halogenated alkanes) is 5. The zero-order valence-corrected chi connectivity index (χ0v) is 21.9. The molecule has 0 bridgehead atoms. The Bertz CT molecular complexity index is 615. The summed E-state index contributed by atoms with van der Waals surface area (Å²) in [5.41, 5.74) is 0.880. The van der Waals surface area contributed by atoms with Crippen LogP contribution in [0.5, 0.6) is 5.75 Å². The van der Waals surface area contributed by atoms with Gasteiger partial charge < -0.3 is 29.0 Å². The van der Waals surface area contributed by atoms with Crippen LogP contribution in [0.25, 0.3) is 0 Å². The lowest BCUT2D eigenvalue weighted by atomic mass is 10.0. The summed E-state index contributed by atoms with van der Waals surface area (Å²) in [5, 5.41) is 2.64. The normalized spacial score (nSPS) is 11.4. The first-order valence-electron chi connectivity index (χ1n) is 12.8. The van der Waals surface area contributed by atoms with Crippen LogP contribution in [0.2, 0.25) is 0 Å². The third-order valence-corrected chi connectivity index (χ3v) is 4.90. The van der Waals surface area contributed by atoms with Crippen LogP contribution in [0.1, 0.15) is 71.8 Å². The Balaban J connectivity index is 1.88. The number of rotatable bonds is 20. The number of hydrogen-bond donors (Lipinski definition) is 1. The summed E-state index contributed by atoms with van der Waals surface area (Å²) >= 11 is 0. The molecular weight excluding hydrogens is 434 g/mol. The summed E-state index contributed by atoms with van der Waals surface area (Å²) < 4.78 is 27.3. The van der Waals surface area contributed by atoms with Gasteiger partial charge in [0.25, 0.3) is 0 Å². The quantitative estimate of drug-likeness (QED) is 0.246. The first kappa shape index (κ1) is 30.2. The summed E-state index contributed by atoms with van der Waals surface area (Å²) in [6.07, 6.45) is 8.66. The summed E-state index contributed by atoms with van der Waals surface area (Å²) in [6, 6.07) is 8.40. The molecule has 0 atom stereocenters. The van der Waals surface area contributed by atoms with Gasteiger partial charge in [0.15, 0.2) is 0 Å². The Hall–Kier alpha value is -1.83. The van der Waals surface area contributed by atoms with Crippen LogP contribution in [0.15, 0.2) is 24.3 Å². The second-order valence-electron chi connectivity index (χ2n) is 9.28. The largest absolute Gasteiger partial charge is 0.491 e. The highest BCUT2D eigenvalue weighted by Crippen LogP contribution is 2.15.